The van der Waals surface area contributed by atoms with Gasteiger partial charge in [-0.05, 0) is 23.1 Å². The van der Waals surface area contributed by atoms with Gasteiger partial charge >= 0.3 is 0 Å². The fourth-order valence-electron chi connectivity index (χ4n) is 1.81. The van der Waals surface area contributed by atoms with Crippen molar-refractivity contribution < 1.29 is 4.79 Å². The summed E-state index contributed by atoms with van der Waals surface area (Å²) >= 11 is 3.66. The maximum atomic E-state index is 10.6. The van der Waals surface area contributed by atoms with E-state index in [-0.39, 0.29) is 5.24 Å². The van der Waals surface area contributed by atoms with E-state index in [4.69, 9.17) is 0 Å². The first-order valence-electron chi connectivity index (χ1n) is 5.87. The summed E-state index contributed by atoms with van der Waals surface area (Å²) in [7, 11) is 0. The predicted molar refractivity (Wildman–Crippen MR) is 78.0 cm³/mol. The minimum Gasteiger partial charge on any atom is -0.347 e. The fraction of sp³-hybridized carbons (Fsp3) is 0.133. The first kappa shape index (κ1) is 12.7. The molecule has 2 nitrogen and oxygen atoms in total. The molecule has 18 heavy (non-hydrogen) atoms. The van der Waals surface area contributed by atoms with E-state index < -0.39 is 0 Å². The van der Waals surface area contributed by atoms with E-state index in [0.717, 1.165) is 6.42 Å². The number of hydrogen-bond donors (Lipinski definition) is 2. The normalized spacial score (nSPS) is 10.1. The Bertz CT molecular complexity index is 508. The Hall–Kier alpha value is -1.74. The number of thiol groups is 1. The highest BCUT2D eigenvalue weighted by atomic mass is 32.1. The van der Waals surface area contributed by atoms with Gasteiger partial charge in [0.15, 0.2) is 0 Å². The van der Waals surface area contributed by atoms with Crippen LogP contribution in [0.5, 0.6) is 0 Å². The van der Waals surface area contributed by atoms with Crippen LogP contribution >= 0.6 is 12.6 Å². The molecule has 0 aromatic heterocycles. The third kappa shape index (κ3) is 3.64. The average molecular weight is 257 g/mol. The van der Waals surface area contributed by atoms with E-state index in [0.29, 0.717) is 6.54 Å². The van der Waals surface area contributed by atoms with E-state index in [2.05, 4.69) is 54.3 Å². The van der Waals surface area contributed by atoms with Gasteiger partial charge in [-0.25, -0.2) is 0 Å². The molecule has 0 spiro atoms. The summed E-state index contributed by atoms with van der Waals surface area (Å²) in [4.78, 5) is 10.6. The van der Waals surface area contributed by atoms with E-state index in [1.165, 1.54) is 16.7 Å². The molecule has 0 radical (unpaired) electrons. The van der Waals surface area contributed by atoms with Gasteiger partial charge in [-0.15, -0.1) is 0 Å². The minimum absolute atomic E-state index is 0.282. The van der Waals surface area contributed by atoms with Crippen molar-refractivity contribution in [2.75, 3.05) is 6.54 Å². The molecule has 0 atom stereocenters. The Morgan fingerprint density at radius 2 is 1.56 bits per heavy atom. The van der Waals surface area contributed by atoms with Gasteiger partial charge in [0.05, 0.1) is 0 Å². The molecule has 3 heteroatoms. The molecule has 2 aromatic rings. The Morgan fingerprint density at radius 1 is 0.944 bits per heavy atom. The number of amides is 1. The van der Waals surface area contributed by atoms with Crippen LogP contribution in [-0.4, -0.2) is 11.8 Å². The van der Waals surface area contributed by atoms with E-state index in [1.54, 1.807) is 0 Å². The maximum absolute atomic E-state index is 10.6. The molecule has 0 aliphatic carbocycles. The van der Waals surface area contributed by atoms with Crippen LogP contribution < -0.4 is 5.32 Å². The van der Waals surface area contributed by atoms with Crippen molar-refractivity contribution in [1.82, 2.24) is 5.32 Å². The van der Waals surface area contributed by atoms with Crippen molar-refractivity contribution in [3.05, 3.63) is 60.2 Å². The van der Waals surface area contributed by atoms with Crippen LogP contribution in [-0.2, 0) is 6.42 Å². The number of hydrogen-bond acceptors (Lipinski definition) is 1. The smallest absolute Gasteiger partial charge is 0.275 e. The van der Waals surface area contributed by atoms with Gasteiger partial charge in [-0.2, -0.15) is 0 Å². The van der Waals surface area contributed by atoms with E-state index in [9.17, 15) is 4.79 Å². The van der Waals surface area contributed by atoms with Crippen LogP contribution in [0.4, 0.5) is 4.79 Å². The van der Waals surface area contributed by atoms with Gasteiger partial charge in [-0.1, -0.05) is 67.2 Å². The van der Waals surface area contributed by atoms with E-state index in [1.807, 2.05) is 18.2 Å². The molecule has 1 N–H and O–H groups in total. The quantitative estimate of drug-likeness (QED) is 0.806. The lowest BCUT2D eigenvalue weighted by Crippen LogP contribution is -2.19. The van der Waals surface area contributed by atoms with Crippen molar-refractivity contribution in [3.8, 4) is 11.1 Å². The number of rotatable bonds is 4. The molecule has 2 aromatic carbocycles. The zero-order valence-corrected chi connectivity index (χ0v) is 10.9. The molecular weight excluding hydrogens is 242 g/mol. The van der Waals surface area contributed by atoms with Gasteiger partial charge < -0.3 is 5.32 Å². The van der Waals surface area contributed by atoms with Crippen LogP contribution in [0.2, 0.25) is 0 Å². The van der Waals surface area contributed by atoms with Gasteiger partial charge in [0.25, 0.3) is 5.24 Å². The van der Waals surface area contributed by atoms with Crippen molar-refractivity contribution in [3.63, 3.8) is 0 Å². The summed E-state index contributed by atoms with van der Waals surface area (Å²) in [6, 6.07) is 18.7. The third-order valence-electron chi connectivity index (χ3n) is 2.75. The molecule has 92 valence electrons. The van der Waals surface area contributed by atoms with Crippen molar-refractivity contribution >= 4 is 17.9 Å². The van der Waals surface area contributed by atoms with Gasteiger partial charge in [0.2, 0.25) is 0 Å². The minimum atomic E-state index is -0.282. The fourth-order valence-corrected chi connectivity index (χ4v) is 1.92. The van der Waals surface area contributed by atoms with Crippen LogP contribution in [0.15, 0.2) is 54.6 Å². The Kier molecular flexibility index (Phi) is 4.42. The van der Waals surface area contributed by atoms with Crippen molar-refractivity contribution in [2.24, 2.45) is 0 Å². The molecule has 1 amide bonds. The maximum Gasteiger partial charge on any atom is 0.275 e. The van der Waals surface area contributed by atoms with Gasteiger partial charge in [0.1, 0.15) is 0 Å². The first-order valence-corrected chi connectivity index (χ1v) is 6.31. The average Bonchev–Trinajstić information content (AvgIpc) is 2.40. The second-order valence-electron chi connectivity index (χ2n) is 4.04. The largest absolute Gasteiger partial charge is 0.347 e. The molecule has 0 saturated heterocycles. The number of carbonyl (C=O) groups excluding carboxylic acids is 1. The molecule has 0 bridgehead atoms. The lowest BCUT2D eigenvalue weighted by atomic mass is 10.0. The molecule has 0 fully saturated rings. The molecule has 2 rings (SSSR count). The Morgan fingerprint density at radius 3 is 2.17 bits per heavy atom. The molecule has 0 aliphatic heterocycles. The highest BCUT2D eigenvalue weighted by molar-refractivity contribution is 7.96. The molecule has 0 saturated carbocycles. The van der Waals surface area contributed by atoms with Gasteiger partial charge in [-0.3, -0.25) is 4.79 Å². The highest BCUT2D eigenvalue weighted by Crippen LogP contribution is 2.19. The molecule has 0 aliphatic rings. The number of nitrogens with one attached hydrogen (secondary N) is 1. The Labute approximate surface area is 112 Å². The second-order valence-corrected chi connectivity index (χ2v) is 4.45. The van der Waals surface area contributed by atoms with Gasteiger partial charge in [0, 0.05) is 6.54 Å². The lowest BCUT2D eigenvalue weighted by molar-refractivity contribution is 0.261. The summed E-state index contributed by atoms with van der Waals surface area (Å²) < 4.78 is 0. The zero-order valence-electron chi connectivity index (χ0n) is 9.97. The summed E-state index contributed by atoms with van der Waals surface area (Å²) in [5.41, 5.74) is 3.63. The highest BCUT2D eigenvalue weighted by Gasteiger charge is 1.98. The van der Waals surface area contributed by atoms with Crippen LogP contribution in [0.3, 0.4) is 0 Å². The Balaban J connectivity index is 2.00. The summed E-state index contributed by atoms with van der Waals surface area (Å²) in [5.74, 6) is 0. The summed E-state index contributed by atoms with van der Waals surface area (Å²) in [5, 5.41) is 2.38. The first-order chi connectivity index (χ1) is 8.75. The monoisotopic (exact) mass is 257 g/mol. The van der Waals surface area contributed by atoms with Crippen LogP contribution in [0.25, 0.3) is 11.1 Å². The standard InChI is InChI=1S/C15H15NOS/c17-15(18)16-11-10-12-6-8-14(9-7-12)13-4-2-1-3-5-13/h1-9H,10-11H2,(H2,16,17,18). The lowest BCUT2D eigenvalue weighted by Gasteiger charge is -2.05. The number of carbonyl (C=O) groups is 1. The third-order valence-corrected chi connectivity index (χ3v) is 2.91. The molecular formula is C15H15NOS. The van der Waals surface area contributed by atoms with E-state index >= 15 is 0 Å². The predicted octanol–water partition coefficient (Wildman–Crippen LogP) is 3.54. The molecule has 0 heterocycles. The summed E-state index contributed by atoms with van der Waals surface area (Å²) in [6.07, 6.45) is 0.821. The van der Waals surface area contributed by atoms with Crippen LogP contribution in [0, 0.1) is 0 Å². The topological polar surface area (TPSA) is 29.1 Å². The SMILES string of the molecule is O=C(S)NCCc1ccc(-c2ccccc2)cc1. The zero-order chi connectivity index (χ0) is 12.8. The van der Waals surface area contributed by atoms with Crippen molar-refractivity contribution in [2.45, 2.75) is 6.42 Å². The van der Waals surface area contributed by atoms with Crippen LogP contribution in [0.1, 0.15) is 5.56 Å². The van der Waals surface area contributed by atoms with Crippen molar-refractivity contribution in [1.29, 1.82) is 0 Å². The second kappa shape index (κ2) is 6.26. The summed E-state index contributed by atoms with van der Waals surface area (Å²) in [6.45, 7) is 0.618. The molecule has 0 unspecified atom stereocenters. The number of benzene rings is 2.